The van der Waals surface area contributed by atoms with E-state index in [0.717, 1.165) is 32.5 Å². The number of rotatable bonds is 5. The van der Waals surface area contributed by atoms with Crippen LogP contribution in [0.25, 0.3) is 0 Å². The molecular weight excluding hydrogens is 258 g/mol. The first-order chi connectivity index (χ1) is 8.18. The fourth-order valence-corrected chi connectivity index (χ4v) is 4.01. The smallest absolute Gasteiger partial charge is 0.250 e. The van der Waals surface area contributed by atoms with Crippen LogP contribution in [0.2, 0.25) is 0 Å². The van der Waals surface area contributed by atoms with Crippen molar-refractivity contribution in [3.05, 3.63) is 17.5 Å². The zero-order valence-corrected chi connectivity index (χ0v) is 11.2. The molecule has 2 rings (SSSR count). The molecule has 1 aliphatic rings. The van der Waals surface area contributed by atoms with Crippen molar-refractivity contribution in [1.82, 2.24) is 4.72 Å². The van der Waals surface area contributed by atoms with Gasteiger partial charge in [-0.15, -0.1) is 11.3 Å². The van der Waals surface area contributed by atoms with Crippen LogP contribution in [0.5, 0.6) is 0 Å². The zero-order chi connectivity index (χ0) is 12.1. The van der Waals surface area contributed by atoms with E-state index in [1.165, 1.54) is 11.3 Å². The summed E-state index contributed by atoms with van der Waals surface area (Å²) in [5, 5.41) is 1.77. The van der Waals surface area contributed by atoms with E-state index in [-0.39, 0.29) is 0 Å². The topological polar surface area (TPSA) is 55.4 Å². The van der Waals surface area contributed by atoms with Gasteiger partial charge in [0.05, 0.1) is 0 Å². The van der Waals surface area contributed by atoms with Crippen LogP contribution in [-0.2, 0) is 14.8 Å². The van der Waals surface area contributed by atoms with Gasteiger partial charge in [0.2, 0.25) is 10.0 Å². The van der Waals surface area contributed by atoms with Crippen LogP contribution in [0.4, 0.5) is 0 Å². The van der Waals surface area contributed by atoms with Crippen LogP contribution in [0.3, 0.4) is 0 Å². The molecule has 0 bridgehead atoms. The lowest BCUT2D eigenvalue weighted by Crippen LogP contribution is -2.27. The molecule has 1 fully saturated rings. The predicted molar refractivity (Wildman–Crippen MR) is 67.7 cm³/mol. The van der Waals surface area contributed by atoms with Gasteiger partial charge in [0.1, 0.15) is 4.21 Å². The average Bonchev–Trinajstić information content (AvgIpc) is 2.84. The van der Waals surface area contributed by atoms with E-state index in [4.69, 9.17) is 4.74 Å². The Morgan fingerprint density at radius 2 is 2.18 bits per heavy atom. The molecule has 0 saturated carbocycles. The number of hydrogen-bond donors (Lipinski definition) is 1. The third kappa shape index (κ3) is 3.77. The molecule has 1 aliphatic heterocycles. The minimum absolute atomic E-state index is 0.393. The second-order valence-electron chi connectivity index (χ2n) is 4.17. The van der Waals surface area contributed by atoms with Crippen molar-refractivity contribution in [2.75, 3.05) is 19.8 Å². The van der Waals surface area contributed by atoms with E-state index < -0.39 is 10.0 Å². The highest BCUT2D eigenvalue weighted by atomic mass is 32.2. The van der Waals surface area contributed by atoms with E-state index in [0.29, 0.717) is 16.7 Å². The van der Waals surface area contributed by atoms with E-state index >= 15 is 0 Å². The van der Waals surface area contributed by atoms with Crippen LogP contribution >= 0.6 is 11.3 Å². The molecule has 1 saturated heterocycles. The van der Waals surface area contributed by atoms with Crippen LogP contribution in [0.1, 0.15) is 19.3 Å². The summed E-state index contributed by atoms with van der Waals surface area (Å²) in [6.45, 7) is 2.13. The molecule has 1 aromatic rings. The maximum absolute atomic E-state index is 11.8. The summed E-state index contributed by atoms with van der Waals surface area (Å²) in [6, 6.07) is 3.37. The van der Waals surface area contributed by atoms with Crippen LogP contribution < -0.4 is 4.72 Å². The minimum Gasteiger partial charge on any atom is -0.381 e. The third-order valence-corrected chi connectivity index (χ3v) is 5.80. The van der Waals surface area contributed by atoms with Crippen molar-refractivity contribution in [1.29, 1.82) is 0 Å². The predicted octanol–water partition coefficient (Wildman–Crippen LogP) is 1.84. The Kier molecular flexibility index (Phi) is 4.55. The molecule has 0 radical (unpaired) electrons. The van der Waals surface area contributed by atoms with Crippen molar-refractivity contribution in [3.8, 4) is 0 Å². The Labute approximate surface area is 106 Å². The SMILES string of the molecule is O=S(=O)(NCCC1CCOCC1)c1cccs1. The summed E-state index contributed by atoms with van der Waals surface area (Å²) >= 11 is 1.25. The highest BCUT2D eigenvalue weighted by Crippen LogP contribution is 2.19. The number of ether oxygens (including phenoxy) is 1. The van der Waals surface area contributed by atoms with Crippen molar-refractivity contribution in [2.24, 2.45) is 5.92 Å². The van der Waals surface area contributed by atoms with Crippen LogP contribution in [0.15, 0.2) is 21.7 Å². The fraction of sp³-hybridized carbons (Fsp3) is 0.636. The Morgan fingerprint density at radius 1 is 1.41 bits per heavy atom. The van der Waals surface area contributed by atoms with Crippen molar-refractivity contribution >= 4 is 21.4 Å². The van der Waals surface area contributed by atoms with Crippen LogP contribution in [0, 0.1) is 5.92 Å². The van der Waals surface area contributed by atoms with Gasteiger partial charge < -0.3 is 4.74 Å². The third-order valence-electron chi connectivity index (χ3n) is 2.95. The van der Waals surface area contributed by atoms with Gasteiger partial charge in [-0.05, 0) is 36.6 Å². The maximum atomic E-state index is 11.8. The number of thiophene rings is 1. The number of nitrogens with one attached hydrogen (secondary N) is 1. The Hall–Kier alpha value is -0.430. The number of hydrogen-bond acceptors (Lipinski definition) is 4. The summed E-state index contributed by atoms with van der Waals surface area (Å²) in [5.41, 5.74) is 0. The molecule has 6 heteroatoms. The van der Waals surface area contributed by atoms with E-state index in [9.17, 15) is 8.42 Å². The first-order valence-electron chi connectivity index (χ1n) is 5.79. The molecule has 0 spiro atoms. The highest BCUT2D eigenvalue weighted by Gasteiger charge is 2.17. The molecule has 4 nitrogen and oxygen atoms in total. The average molecular weight is 275 g/mol. The lowest BCUT2D eigenvalue weighted by Gasteiger charge is -2.21. The van der Waals surface area contributed by atoms with Gasteiger partial charge in [0.15, 0.2) is 0 Å². The quantitative estimate of drug-likeness (QED) is 0.892. The van der Waals surface area contributed by atoms with Gasteiger partial charge in [-0.3, -0.25) is 0 Å². The van der Waals surface area contributed by atoms with Gasteiger partial charge in [-0.1, -0.05) is 6.07 Å². The number of sulfonamides is 1. The first kappa shape index (κ1) is 13.0. The lowest BCUT2D eigenvalue weighted by molar-refractivity contribution is 0.0644. The minimum atomic E-state index is -3.28. The van der Waals surface area contributed by atoms with E-state index in [1.807, 2.05) is 0 Å². The molecule has 0 aliphatic carbocycles. The second-order valence-corrected chi connectivity index (χ2v) is 7.12. The van der Waals surface area contributed by atoms with Gasteiger partial charge >= 0.3 is 0 Å². The molecule has 0 atom stereocenters. The Morgan fingerprint density at radius 3 is 2.82 bits per heavy atom. The van der Waals surface area contributed by atoms with E-state index in [2.05, 4.69) is 4.72 Å². The molecule has 1 N–H and O–H groups in total. The molecule has 96 valence electrons. The molecule has 0 aromatic carbocycles. The molecule has 1 aromatic heterocycles. The van der Waals surface area contributed by atoms with Gasteiger partial charge in [-0.2, -0.15) is 0 Å². The standard InChI is InChI=1S/C11H17NO3S2/c13-17(14,11-2-1-9-16-11)12-6-3-10-4-7-15-8-5-10/h1-2,9-10,12H,3-8H2. The van der Waals surface area contributed by atoms with Crippen molar-refractivity contribution < 1.29 is 13.2 Å². The largest absolute Gasteiger partial charge is 0.381 e. The van der Waals surface area contributed by atoms with Gasteiger partial charge in [-0.25, -0.2) is 13.1 Å². The van der Waals surface area contributed by atoms with E-state index in [1.54, 1.807) is 17.5 Å². The van der Waals surface area contributed by atoms with Gasteiger partial charge in [0, 0.05) is 19.8 Å². The van der Waals surface area contributed by atoms with Crippen LogP contribution in [-0.4, -0.2) is 28.2 Å². The monoisotopic (exact) mass is 275 g/mol. The molecule has 0 amide bonds. The lowest BCUT2D eigenvalue weighted by atomic mass is 9.97. The summed E-state index contributed by atoms with van der Waals surface area (Å²) in [6.07, 6.45) is 2.98. The highest BCUT2D eigenvalue weighted by molar-refractivity contribution is 7.91. The summed E-state index contributed by atoms with van der Waals surface area (Å²) in [5.74, 6) is 0.592. The molecule has 17 heavy (non-hydrogen) atoms. The summed E-state index contributed by atoms with van der Waals surface area (Å²) in [4.78, 5) is 0. The molecular formula is C11H17NO3S2. The molecule has 0 unspecified atom stereocenters. The fourth-order valence-electron chi connectivity index (χ4n) is 1.92. The maximum Gasteiger partial charge on any atom is 0.250 e. The zero-order valence-electron chi connectivity index (χ0n) is 9.59. The second kappa shape index (κ2) is 5.95. The Bertz CT molecular complexity index is 422. The summed E-state index contributed by atoms with van der Waals surface area (Å²) < 4.78 is 31.9. The summed E-state index contributed by atoms with van der Waals surface area (Å²) in [7, 11) is -3.28. The van der Waals surface area contributed by atoms with Gasteiger partial charge in [0.25, 0.3) is 0 Å². The normalized spacial score (nSPS) is 18.4. The molecule has 2 heterocycles. The Balaban J connectivity index is 1.78. The van der Waals surface area contributed by atoms with Crippen molar-refractivity contribution in [3.63, 3.8) is 0 Å². The first-order valence-corrected chi connectivity index (χ1v) is 8.16. The van der Waals surface area contributed by atoms with Crippen molar-refractivity contribution in [2.45, 2.75) is 23.5 Å².